The van der Waals surface area contributed by atoms with E-state index in [4.69, 9.17) is 16.9 Å². The van der Waals surface area contributed by atoms with E-state index in [0.717, 1.165) is 14.8 Å². The summed E-state index contributed by atoms with van der Waals surface area (Å²) >= 11 is 7.87. The standard InChI is InChI=1S/C24H19ClN2OS/c1-16-4-2-3-5-19(16)21-14-27(15-22-20(21)12-23(25)29-22)24(28)11-10-17-6-8-18(13-26)9-7-17/h2-12,21H,14-15H2,1H3/b11-10+/t21-/m1/s1. The fourth-order valence-electron chi connectivity index (χ4n) is 3.74. The minimum Gasteiger partial charge on any atom is -0.333 e. The second kappa shape index (κ2) is 8.24. The lowest BCUT2D eigenvalue weighted by atomic mass is 9.86. The van der Waals surface area contributed by atoms with Crippen molar-refractivity contribution in [1.29, 1.82) is 5.26 Å². The summed E-state index contributed by atoms with van der Waals surface area (Å²) in [5, 5.41) is 8.90. The highest BCUT2D eigenvalue weighted by Gasteiger charge is 2.31. The van der Waals surface area contributed by atoms with Crippen LogP contribution in [0, 0.1) is 18.3 Å². The fraction of sp³-hybridized carbons (Fsp3) is 0.167. The van der Waals surface area contributed by atoms with Crippen molar-refractivity contribution in [3.63, 3.8) is 0 Å². The van der Waals surface area contributed by atoms with Crippen molar-refractivity contribution in [1.82, 2.24) is 4.90 Å². The van der Waals surface area contributed by atoms with Gasteiger partial charge in [0, 0.05) is 23.4 Å². The molecule has 144 valence electrons. The molecular weight excluding hydrogens is 400 g/mol. The summed E-state index contributed by atoms with van der Waals surface area (Å²) < 4.78 is 0.760. The Morgan fingerprint density at radius 2 is 1.97 bits per heavy atom. The number of rotatable bonds is 3. The Morgan fingerprint density at radius 1 is 1.21 bits per heavy atom. The molecule has 4 rings (SSSR count). The van der Waals surface area contributed by atoms with Gasteiger partial charge < -0.3 is 4.90 Å². The van der Waals surface area contributed by atoms with E-state index in [1.54, 1.807) is 35.6 Å². The van der Waals surface area contributed by atoms with Crippen LogP contribution in [0.15, 0.2) is 60.7 Å². The zero-order valence-corrected chi connectivity index (χ0v) is 17.5. The first-order valence-electron chi connectivity index (χ1n) is 9.36. The van der Waals surface area contributed by atoms with Crippen LogP contribution in [0.3, 0.4) is 0 Å². The van der Waals surface area contributed by atoms with Crippen LogP contribution >= 0.6 is 22.9 Å². The summed E-state index contributed by atoms with van der Waals surface area (Å²) in [4.78, 5) is 16.0. The van der Waals surface area contributed by atoms with Gasteiger partial charge in [-0.15, -0.1) is 11.3 Å². The smallest absolute Gasteiger partial charge is 0.246 e. The number of carbonyl (C=O) groups excluding carboxylic acids is 1. The molecule has 2 aromatic carbocycles. The Hall–Kier alpha value is -2.87. The molecule has 1 aromatic heterocycles. The molecule has 0 unspecified atom stereocenters. The molecule has 0 radical (unpaired) electrons. The molecule has 29 heavy (non-hydrogen) atoms. The van der Waals surface area contributed by atoms with Crippen molar-refractivity contribution in [3.05, 3.63) is 97.7 Å². The molecule has 0 fully saturated rings. The summed E-state index contributed by atoms with van der Waals surface area (Å²) in [7, 11) is 0. The number of halogens is 1. The number of nitriles is 1. The normalized spacial score (nSPS) is 15.9. The van der Waals surface area contributed by atoms with E-state index in [0.29, 0.717) is 18.7 Å². The SMILES string of the molecule is Cc1ccccc1[C@H]1CN(C(=O)/C=C/c2ccc(C#N)cc2)Cc2sc(Cl)cc21. The Labute approximate surface area is 179 Å². The average molecular weight is 419 g/mol. The van der Waals surface area contributed by atoms with Crippen LogP contribution in [0.1, 0.15) is 38.6 Å². The summed E-state index contributed by atoms with van der Waals surface area (Å²) in [6.07, 6.45) is 3.40. The zero-order valence-electron chi connectivity index (χ0n) is 15.9. The lowest BCUT2D eigenvalue weighted by molar-refractivity contribution is -0.127. The Bertz CT molecular complexity index is 1120. The highest BCUT2D eigenvalue weighted by Crippen LogP contribution is 2.40. The number of carbonyl (C=O) groups is 1. The number of nitrogens with zero attached hydrogens (tertiary/aromatic N) is 2. The van der Waals surface area contributed by atoms with E-state index < -0.39 is 0 Å². The van der Waals surface area contributed by atoms with E-state index in [1.165, 1.54) is 16.7 Å². The molecular formula is C24H19ClN2OS. The van der Waals surface area contributed by atoms with Crippen LogP contribution in [-0.4, -0.2) is 17.4 Å². The van der Waals surface area contributed by atoms with E-state index in [-0.39, 0.29) is 11.8 Å². The predicted molar refractivity (Wildman–Crippen MR) is 118 cm³/mol. The number of benzene rings is 2. The van der Waals surface area contributed by atoms with Crippen molar-refractivity contribution in [2.45, 2.75) is 19.4 Å². The first kappa shape index (κ1) is 19.4. The molecule has 1 amide bonds. The molecule has 0 bridgehead atoms. The van der Waals surface area contributed by atoms with Crippen molar-refractivity contribution >= 4 is 34.9 Å². The van der Waals surface area contributed by atoms with Crippen molar-refractivity contribution in [2.24, 2.45) is 0 Å². The van der Waals surface area contributed by atoms with Gasteiger partial charge in [-0.25, -0.2) is 0 Å². The maximum Gasteiger partial charge on any atom is 0.246 e. The molecule has 0 saturated heterocycles. The zero-order chi connectivity index (χ0) is 20.4. The monoisotopic (exact) mass is 418 g/mol. The van der Waals surface area contributed by atoms with Gasteiger partial charge in [-0.3, -0.25) is 4.79 Å². The highest BCUT2D eigenvalue weighted by molar-refractivity contribution is 7.16. The lowest BCUT2D eigenvalue weighted by Gasteiger charge is -2.33. The number of thiophene rings is 1. The Balaban J connectivity index is 1.60. The van der Waals surface area contributed by atoms with E-state index >= 15 is 0 Å². The van der Waals surface area contributed by atoms with Crippen LogP contribution in [0.25, 0.3) is 6.08 Å². The molecule has 0 aliphatic carbocycles. The third kappa shape index (κ3) is 4.12. The van der Waals surface area contributed by atoms with Gasteiger partial charge in [-0.1, -0.05) is 48.0 Å². The first-order chi connectivity index (χ1) is 14.0. The predicted octanol–water partition coefficient (Wildman–Crippen LogP) is 5.77. The van der Waals surface area contributed by atoms with Gasteiger partial charge in [-0.2, -0.15) is 5.26 Å². The van der Waals surface area contributed by atoms with Crippen molar-refractivity contribution in [2.75, 3.05) is 6.54 Å². The van der Waals surface area contributed by atoms with E-state index in [9.17, 15) is 4.79 Å². The molecule has 1 atom stereocenters. The number of fused-ring (bicyclic) bond motifs is 1. The largest absolute Gasteiger partial charge is 0.333 e. The topological polar surface area (TPSA) is 44.1 Å². The van der Waals surface area contributed by atoms with Gasteiger partial charge in [0.05, 0.1) is 22.5 Å². The number of hydrogen-bond donors (Lipinski definition) is 0. The quantitative estimate of drug-likeness (QED) is 0.507. The van der Waals surface area contributed by atoms with Crippen LogP contribution in [0.2, 0.25) is 4.34 Å². The van der Waals surface area contributed by atoms with Gasteiger partial charge in [0.2, 0.25) is 5.91 Å². The summed E-state index contributed by atoms with van der Waals surface area (Å²) in [5.41, 5.74) is 5.18. The van der Waals surface area contributed by atoms with Gasteiger partial charge in [0.25, 0.3) is 0 Å². The Kier molecular flexibility index (Phi) is 5.53. The molecule has 0 spiro atoms. The maximum absolute atomic E-state index is 12.9. The average Bonchev–Trinajstić information content (AvgIpc) is 3.12. The van der Waals surface area contributed by atoms with Gasteiger partial charge in [0.15, 0.2) is 0 Å². The fourth-order valence-corrected chi connectivity index (χ4v) is 5.09. The van der Waals surface area contributed by atoms with Crippen LogP contribution in [-0.2, 0) is 11.3 Å². The maximum atomic E-state index is 12.9. The second-order valence-electron chi connectivity index (χ2n) is 7.12. The number of hydrogen-bond acceptors (Lipinski definition) is 3. The first-order valence-corrected chi connectivity index (χ1v) is 10.6. The second-order valence-corrected chi connectivity index (χ2v) is 8.89. The molecule has 1 aliphatic heterocycles. The molecule has 1 aliphatic rings. The highest BCUT2D eigenvalue weighted by atomic mass is 35.5. The molecule has 0 saturated carbocycles. The van der Waals surface area contributed by atoms with Crippen molar-refractivity contribution < 1.29 is 4.79 Å². The molecule has 0 N–H and O–H groups in total. The van der Waals surface area contributed by atoms with E-state index in [2.05, 4.69) is 25.1 Å². The number of amides is 1. The lowest BCUT2D eigenvalue weighted by Crippen LogP contribution is -2.37. The van der Waals surface area contributed by atoms with Gasteiger partial charge in [0.1, 0.15) is 0 Å². The molecule has 5 heteroatoms. The minimum atomic E-state index is -0.0249. The molecule has 3 nitrogen and oxygen atoms in total. The van der Waals surface area contributed by atoms with Crippen LogP contribution in [0.4, 0.5) is 0 Å². The third-order valence-electron chi connectivity index (χ3n) is 5.26. The summed E-state index contributed by atoms with van der Waals surface area (Å²) in [6, 6.07) is 19.6. The third-order valence-corrected chi connectivity index (χ3v) is 6.52. The Morgan fingerprint density at radius 3 is 2.69 bits per heavy atom. The van der Waals surface area contributed by atoms with E-state index in [1.807, 2.05) is 35.2 Å². The van der Waals surface area contributed by atoms with Crippen molar-refractivity contribution in [3.8, 4) is 6.07 Å². The number of aryl methyl sites for hydroxylation is 1. The van der Waals surface area contributed by atoms with Crippen LogP contribution in [0.5, 0.6) is 0 Å². The van der Waals surface area contributed by atoms with Gasteiger partial charge in [-0.05, 0) is 53.5 Å². The summed E-state index contributed by atoms with van der Waals surface area (Å²) in [5.74, 6) is 0.0964. The minimum absolute atomic E-state index is 0.0249. The van der Waals surface area contributed by atoms with Crippen LogP contribution < -0.4 is 0 Å². The van der Waals surface area contributed by atoms with Gasteiger partial charge >= 0.3 is 0 Å². The molecule has 2 heterocycles. The summed E-state index contributed by atoms with van der Waals surface area (Å²) in [6.45, 7) is 3.31. The molecule has 3 aromatic rings.